The molecular formula is C13H20N2O. The van der Waals surface area contributed by atoms with Gasteiger partial charge in [-0.15, -0.1) is 0 Å². The first-order valence-electron chi connectivity index (χ1n) is 5.63. The van der Waals surface area contributed by atoms with Crippen LogP contribution in [-0.4, -0.2) is 19.5 Å². The van der Waals surface area contributed by atoms with Gasteiger partial charge in [0.25, 0.3) is 0 Å². The highest BCUT2D eigenvalue weighted by Gasteiger charge is 2.10. The Kier molecular flexibility index (Phi) is 4.50. The van der Waals surface area contributed by atoms with Crippen molar-refractivity contribution in [1.82, 2.24) is 0 Å². The summed E-state index contributed by atoms with van der Waals surface area (Å²) >= 11 is 0. The highest BCUT2D eigenvalue weighted by molar-refractivity contribution is 5.92. The second kappa shape index (κ2) is 5.66. The summed E-state index contributed by atoms with van der Waals surface area (Å²) in [7, 11) is 1.79. The number of benzene rings is 1. The fourth-order valence-electron chi connectivity index (χ4n) is 1.53. The number of carbonyl (C=O) groups excluding carboxylic acids is 1. The molecule has 0 atom stereocenters. The lowest BCUT2D eigenvalue weighted by atomic mass is 10.0. The third-order valence-electron chi connectivity index (χ3n) is 2.66. The molecule has 0 aliphatic rings. The molecule has 2 N–H and O–H groups in total. The molecule has 1 rings (SSSR count). The lowest BCUT2D eigenvalue weighted by molar-refractivity contribution is -0.118. The van der Waals surface area contributed by atoms with E-state index in [-0.39, 0.29) is 5.91 Å². The molecule has 0 saturated carbocycles. The summed E-state index contributed by atoms with van der Waals surface area (Å²) < 4.78 is 0. The lowest BCUT2D eigenvalue weighted by Gasteiger charge is -2.18. The maximum atomic E-state index is 11.7. The van der Waals surface area contributed by atoms with E-state index in [1.54, 1.807) is 11.9 Å². The van der Waals surface area contributed by atoms with Crippen LogP contribution in [0.25, 0.3) is 0 Å². The summed E-state index contributed by atoms with van der Waals surface area (Å²) in [4.78, 5) is 13.3. The summed E-state index contributed by atoms with van der Waals surface area (Å²) in [5.74, 6) is 0.529. The van der Waals surface area contributed by atoms with Gasteiger partial charge in [0.1, 0.15) is 0 Å². The second-order valence-corrected chi connectivity index (χ2v) is 4.24. The smallest absolute Gasteiger partial charge is 0.227 e. The standard InChI is InChI=1S/C13H20N2O/c1-10(2)11-5-4-6-12(9-11)15(3)13(16)7-8-14/h4-6,9-10H,7-8,14H2,1-3H3. The Bertz CT molecular complexity index is 361. The van der Waals surface area contributed by atoms with Crippen LogP contribution < -0.4 is 10.6 Å². The topological polar surface area (TPSA) is 46.3 Å². The van der Waals surface area contributed by atoms with E-state index in [2.05, 4.69) is 26.0 Å². The average Bonchev–Trinajstić information content (AvgIpc) is 2.28. The van der Waals surface area contributed by atoms with Crippen LogP contribution in [0.1, 0.15) is 31.7 Å². The molecule has 0 radical (unpaired) electrons. The Labute approximate surface area is 97.2 Å². The molecule has 3 heteroatoms. The molecule has 0 unspecified atom stereocenters. The summed E-state index contributed by atoms with van der Waals surface area (Å²) in [6.45, 7) is 4.68. The Morgan fingerprint density at radius 2 is 2.12 bits per heavy atom. The first kappa shape index (κ1) is 12.7. The van der Waals surface area contributed by atoms with E-state index in [0.29, 0.717) is 18.9 Å². The van der Waals surface area contributed by atoms with Gasteiger partial charge in [-0.05, 0) is 23.6 Å². The summed E-state index contributed by atoms with van der Waals surface area (Å²) in [6, 6.07) is 8.06. The molecule has 0 heterocycles. The van der Waals surface area contributed by atoms with E-state index in [1.165, 1.54) is 5.56 Å². The minimum atomic E-state index is 0.0587. The highest BCUT2D eigenvalue weighted by Crippen LogP contribution is 2.21. The Hall–Kier alpha value is -1.35. The van der Waals surface area contributed by atoms with Crippen LogP contribution in [0.5, 0.6) is 0 Å². The molecule has 0 spiro atoms. The molecule has 3 nitrogen and oxygen atoms in total. The molecule has 88 valence electrons. The monoisotopic (exact) mass is 220 g/mol. The van der Waals surface area contributed by atoms with Crippen molar-refractivity contribution >= 4 is 11.6 Å². The average molecular weight is 220 g/mol. The minimum absolute atomic E-state index is 0.0587. The fourth-order valence-corrected chi connectivity index (χ4v) is 1.53. The molecule has 1 aromatic carbocycles. The van der Waals surface area contributed by atoms with Crippen molar-refractivity contribution in [2.75, 3.05) is 18.5 Å². The first-order chi connectivity index (χ1) is 7.56. The predicted octanol–water partition coefficient (Wildman–Crippen LogP) is 2.12. The van der Waals surface area contributed by atoms with E-state index < -0.39 is 0 Å². The summed E-state index contributed by atoms with van der Waals surface area (Å²) in [5, 5.41) is 0. The number of amides is 1. The van der Waals surface area contributed by atoms with Gasteiger partial charge in [0, 0.05) is 25.7 Å². The molecular weight excluding hydrogens is 200 g/mol. The van der Waals surface area contributed by atoms with E-state index in [4.69, 9.17) is 5.73 Å². The van der Waals surface area contributed by atoms with Gasteiger partial charge < -0.3 is 10.6 Å². The maximum Gasteiger partial charge on any atom is 0.227 e. The van der Waals surface area contributed by atoms with E-state index in [1.807, 2.05) is 12.1 Å². The van der Waals surface area contributed by atoms with Gasteiger partial charge in [-0.2, -0.15) is 0 Å². The van der Waals surface area contributed by atoms with Crippen molar-refractivity contribution in [2.24, 2.45) is 5.73 Å². The van der Waals surface area contributed by atoms with Crippen LogP contribution in [0.2, 0.25) is 0 Å². The van der Waals surface area contributed by atoms with Gasteiger partial charge in [-0.1, -0.05) is 26.0 Å². The zero-order chi connectivity index (χ0) is 12.1. The third-order valence-corrected chi connectivity index (χ3v) is 2.66. The van der Waals surface area contributed by atoms with E-state index >= 15 is 0 Å². The number of hydrogen-bond acceptors (Lipinski definition) is 2. The minimum Gasteiger partial charge on any atom is -0.330 e. The Balaban J connectivity index is 2.87. The van der Waals surface area contributed by atoms with Gasteiger partial charge in [0.05, 0.1) is 0 Å². The SMILES string of the molecule is CC(C)c1cccc(N(C)C(=O)CCN)c1. The van der Waals surface area contributed by atoms with Gasteiger partial charge in [-0.3, -0.25) is 4.79 Å². The van der Waals surface area contributed by atoms with E-state index in [0.717, 1.165) is 5.69 Å². The molecule has 0 aliphatic carbocycles. The highest BCUT2D eigenvalue weighted by atomic mass is 16.2. The summed E-state index contributed by atoms with van der Waals surface area (Å²) in [6.07, 6.45) is 0.391. The lowest BCUT2D eigenvalue weighted by Crippen LogP contribution is -2.28. The number of nitrogens with zero attached hydrogens (tertiary/aromatic N) is 1. The Morgan fingerprint density at radius 1 is 1.44 bits per heavy atom. The van der Waals surface area contributed by atoms with Crippen LogP contribution in [0.3, 0.4) is 0 Å². The van der Waals surface area contributed by atoms with Crippen LogP contribution in [0, 0.1) is 0 Å². The third kappa shape index (κ3) is 3.07. The van der Waals surface area contributed by atoms with Gasteiger partial charge in [0.15, 0.2) is 0 Å². The number of nitrogens with two attached hydrogens (primary N) is 1. The first-order valence-corrected chi connectivity index (χ1v) is 5.63. The quantitative estimate of drug-likeness (QED) is 0.844. The van der Waals surface area contributed by atoms with Crippen molar-refractivity contribution in [1.29, 1.82) is 0 Å². The van der Waals surface area contributed by atoms with Crippen LogP contribution in [-0.2, 0) is 4.79 Å². The fraction of sp³-hybridized carbons (Fsp3) is 0.462. The predicted molar refractivity (Wildman–Crippen MR) is 67.6 cm³/mol. The largest absolute Gasteiger partial charge is 0.330 e. The zero-order valence-electron chi connectivity index (χ0n) is 10.2. The normalized spacial score (nSPS) is 10.6. The van der Waals surface area contributed by atoms with Crippen LogP contribution in [0.4, 0.5) is 5.69 Å². The molecule has 0 aliphatic heterocycles. The van der Waals surface area contributed by atoms with Gasteiger partial charge >= 0.3 is 0 Å². The molecule has 16 heavy (non-hydrogen) atoms. The maximum absolute atomic E-state index is 11.7. The molecule has 0 bridgehead atoms. The van der Waals surface area contributed by atoms with Gasteiger partial charge in [-0.25, -0.2) is 0 Å². The van der Waals surface area contributed by atoms with Crippen molar-refractivity contribution in [3.63, 3.8) is 0 Å². The van der Waals surface area contributed by atoms with E-state index in [9.17, 15) is 4.79 Å². The molecule has 0 saturated heterocycles. The van der Waals surface area contributed by atoms with Crippen molar-refractivity contribution in [3.8, 4) is 0 Å². The number of rotatable bonds is 4. The van der Waals surface area contributed by atoms with Gasteiger partial charge in [0.2, 0.25) is 5.91 Å². The molecule has 1 amide bonds. The molecule has 0 aromatic heterocycles. The number of anilines is 1. The number of hydrogen-bond donors (Lipinski definition) is 1. The van der Waals surface area contributed by atoms with Crippen molar-refractivity contribution < 1.29 is 4.79 Å². The van der Waals surface area contributed by atoms with Crippen molar-refractivity contribution in [2.45, 2.75) is 26.2 Å². The molecule has 1 aromatic rings. The van der Waals surface area contributed by atoms with Crippen LogP contribution in [0.15, 0.2) is 24.3 Å². The van der Waals surface area contributed by atoms with Crippen LogP contribution >= 0.6 is 0 Å². The van der Waals surface area contributed by atoms with Crippen molar-refractivity contribution in [3.05, 3.63) is 29.8 Å². The zero-order valence-corrected chi connectivity index (χ0v) is 10.2. The summed E-state index contributed by atoms with van der Waals surface area (Å²) in [5.41, 5.74) is 7.55. The number of carbonyl (C=O) groups is 1. The Morgan fingerprint density at radius 3 is 2.69 bits per heavy atom. The molecule has 0 fully saturated rings. The second-order valence-electron chi connectivity index (χ2n) is 4.24.